The predicted octanol–water partition coefficient (Wildman–Crippen LogP) is 0.550. The van der Waals surface area contributed by atoms with Crippen molar-refractivity contribution in [3.8, 4) is 0 Å². The van der Waals surface area contributed by atoms with Crippen LogP contribution in [0.5, 0.6) is 0 Å². The van der Waals surface area contributed by atoms with E-state index in [-0.39, 0.29) is 0 Å². The maximum atomic E-state index is 5.58. The van der Waals surface area contributed by atoms with Gasteiger partial charge in [-0.15, -0.1) is 5.10 Å². The van der Waals surface area contributed by atoms with E-state index in [1.807, 2.05) is 23.9 Å². The summed E-state index contributed by atoms with van der Waals surface area (Å²) in [6.45, 7) is 0. The van der Waals surface area contributed by atoms with Gasteiger partial charge >= 0.3 is 0 Å². The van der Waals surface area contributed by atoms with Crippen LogP contribution in [0.15, 0.2) is 18.5 Å². The molecule has 0 aliphatic heterocycles. The topological polar surface area (TPSA) is 56.7 Å². The molecule has 0 saturated carbocycles. The normalized spacial score (nSPS) is 10.6. The first kappa shape index (κ1) is 6.15. The number of aryl methyl sites for hydroxylation is 1. The van der Waals surface area contributed by atoms with Crippen LogP contribution in [-0.4, -0.2) is 14.8 Å². The molecule has 56 valence electrons. The Morgan fingerprint density at radius 3 is 3.09 bits per heavy atom. The third-order valence-corrected chi connectivity index (χ3v) is 1.74. The maximum Gasteiger partial charge on any atom is 0.155 e. The van der Waals surface area contributed by atoms with Gasteiger partial charge in [-0.25, -0.2) is 0 Å². The first-order valence-electron chi connectivity index (χ1n) is 3.31. The number of nitrogen functional groups attached to an aromatic ring is 1. The van der Waals surface area contributed by atoms with Crippen LogP contribution in [0, 0.1) is 0 Å². The van der Waals surface area contributed by atoms with Gasteiger partial charge < -0.3 is 10.3 Å². The molecular weight excluding hydrogens is 140 g/mol. The second-order valence-corrected chi connectivity index (χ2v) is 2.46. The van der Waals surface area contributed by atoms with Crippen LogP contribution < -0.4 is 5.73 Å². The number of nitrogens with zero attached hydrogens (tertiary/aromatic N) is 3. The van der Waals surface area contributed by atoms with E-state index in [4.69, 9.17) is 5.73 Å². The smallest absolute Gasteiger partial charge is 0.155 e. The number of aromatic nitrogens is 3. The Morgan fingerprint density at radius 1 is 1.55 bits per heavy atom. The molecule has 0 aromatic carbocycles. The summed E-state index contributed by atoms with van der Waals surface area (Å²) in [6.07, 6.45) is 3.64. The van der Waals surface area contributed by atoms with Gasteiger partial charge in [-0.05, 0) is 6.07 Å². The molecule has 4 heteroatoms. The molecule has 2 heterocycles. The zero-order valence-corrected chi connectivity index (χ0v) is 6.15. The van der Waals surface area contributed by atoms with Crippen molar-refractivity contribution < 1.29 is 0 Å². The molecule has 0 fully saturated rings. The SMILES string of the molecule is Cn1ccc2c(N)nncc21. The third kappa shape index (κ3) is 0.756. The van der Waals surface area contributed by atoms with E-state index in [9.17, 15) is 0 Å². The van der Waals surface area contributed by atoms with Crippen molar-refractivity contribution in [2.75, 3.05) is 5.73 Å². The fraction of sp³-hybridized carbons (Fsp3) is 0.143. The van der Waals surface area contributed by atoms with Gasteiger partial charge in [-0.3, -0.25) is 0 Å². The highest BCUT2D eigenvalue weighted by atomic mass is 15.1. The van der Waals surface area contributed by atoms with E-state index in [0.717, 1.165) is 10.9 Å². The lowest BCUT2D eigenvalue weighted by molar-refractivity contribution is 0.954. The molecule has 0 radical (unpaired) electrons. The van der Waals surface area contributed by atoms with Crippen LogP contribution in [0.1, 0.15) is 0 Å². The fourth-order valence-corrected chi connectivity index (χ4v) is 1.12. The lowest BCUT2D eigenvalue weighted by atomic mass is 10.3. The quantitative estimate of drug-likeness (QED) is 0.593. The monoisotopic (exact) mass is 148 g/mol. The van der Waals surface area contributed by atoms with Crippen molar-refractivity contribution in [3.63, 3.8) is 0 Å². The van der Waals surface area contributed by atoms with Gasteiger partial charge in [0.15, 0.2) is 5.82 Å². The summed E-state index contributed by atoms with van der Waals surface area (Å²) in [5.41, 5.74) is 6.59. The Bertz CT molecular complexity index is 390. The fourth-order valence-electron chi connectivity index (χ4n) is 1.12. The molecule has 0 bridgehead atoms. The van der Waals surface area contributed by atoms with Gasteiger partial charge in [0.25, 0.3) is 0 Å². The Morgan fingerprint density at radius 2 is 2.36 bits per heavy atom. The molecule has 2 rings (SSSR count). The zero-order valence-electron chi connectivity index (χ0n) is 6.15. The highest BCUT2D eigenvalue weighted by molar-refractivity contribution is 5.88. The minimum absolute atomic E-state index is 0.489. The Labute approximate surface area is 63.6 Å². The minimum Gasteiger partial charge on any atom is -0.382 e. The first-order valence-corrected chi connectivity index (χ1v) is 3.31. The van der Waals surface area contributed by atoms with Crippen molar-refractivity contribution in [2.24, 2.45) is 7.05 Å². The molecule has 0 saturated heterocycles. The molecule has 4 nitrogen and oxygen atoms in total. The van der Waals surface area contributed by atoms with Gasteiger partial charge in [-0.2, -0.15) is 5.10 Å². The van der Waals surface area contributed by atoms with Crippen LogP contribution in [0.25, 0.3) is 10.9 Å². The molecule has 0 unspecified atom stereocenters. The molecule has 0 atom stereocenters. The number of anilines is 1. The summed E-state index contributed by atoms with van der Waals surface area (Å²) in [6, 6.07) is 1.93. The number of nitrogens with two attached hydrogens (primary N) is 1. The highest BCUT2D eigenvalue weighted by Crippen LogP contribution is 2.16. The summed E-state index contributed by atoms with van der Waals surface area (Å²) in [5.74, 6) is 0.489. The van der Waals surface area contributed by atoms with Crippen LogP contribution in [0.4, 0.5) is 5.82 Å². The van der Waals surface area contributed by atoms with Gasteiger partial charge in [-0.1, -0.05) is 0 Å². The summed E-state index contributed by atoms with van der Waals surface area (Å²) in [4.78, 5) is 0. The van der Waals surface area contributed by atoms with Crippen LogP contribution in [0.3, 0.4) is 0 Å². The second kappa shape index (κ2) is 1.95. The zero-order chi connectivity index (χ0) is 7.84. The summed E-state index contributed by atoms with van der Waals surface area (Å²) < 4.78 is 1.96. The van der Waals surface area contributed by atoms with Crippen molar-refractivity contribution >= 4 is 16.7 Å². The van der Waals surface area contributed by atoms with Gasteiger partial charge in [0.2, 0.25) is 0 Å². The summed E-state index contributed by atoms with van der Waals surface area (Å²) in [5, 5.41) is 8.45. The molecule has 2 aromatic heterocycles. The van der Waals surface area contributed by atoms with Gasteiger partial charge in [0.1, 0.15) is 0 Å². The van der Waals surface area contributed by atoms with Crippen molar-refractivity contribution in [3.05, 3.63) is 18.5 Å². The molecule has 0 aliphatic rings. The molecule has 2 aromatic rings. The van der Waals surface area contributed by atoms with Crippen LogP contribution in [0.2, 0.25) is 0 Å². The van der Waals surface area contributed by atoms with Gasteiger partial charge in [0.05, 0.1) is 11.7 Å². The molecule has 11 heavy (non-hydrogen) atoms. The number of fused-ring (bicyclic) bond motifs is 1. The lowest BCUT2D eigenvalue weighted by Gasteiger charge is -1.94. The average molecular weight is 148 g/mol. The van der Waals surface area contributed by atoms with Crippen molar-refractivity contribution in [2.45, 2.75) is 0 Å². The first-order chi connectivity index (χ1) is 5.29. The van der Waals surface area contributed by atoms with Crippen molar-refractivity contribution in [1.82, 2.24) is 14.8 Å². The van der Waals surface area contributed by atoms with Gasteiger partial charge in [0, 0.05) is 18.6 Å². The Balaban J connectivity index is 2.94. The van der Waals surface area contributed by atoms with Crippen molar-refractivity contribution in [1.29, 1.82) is 0 Å². The van der Waals surface area contributed by atoms with E-state index in [1.54, 1.807) is 6.20 Å². The average Bonchev–Trinajstić information content (AvgIpc) is 2.35. The maximum absolute atomic E-state index is 5.58. The van der Waals surface area contributed by atoms with E-state index >= 15 is 0 Å². The number of rotatable bonds is 0. The van der Waals surface area contributed by atoms with Crippen LogP contribution >= 0.6 is 0 Å². The molecule has 0 aliphatic carbocycles. The summed E-state index contributed by atoms with van der Waals surface area (Å²) >= 11 is 0. The minimum atomic E-state index is 0.489. The Kier molecular flexibility index (Phi) is 1.09. The van der Waals surface area contributed by atoms with E-state index < -0.39 is 0 Å². The van der Waals surface area contributed by atoms with E-state index in [2.05, 4.69) is 10.2 Å². The summed E-state index contributed by atoms with van der Waals surface area (Å²) in [7, 11) is 1.95. The lowest BCUT2D eigenvalue weighted by Crippen LogP contribution is -1.93. The number of hydrogen-bond acceptors (Lipinski definition) is 3. The standard InChI is InChI=1S/C7H8N4/c1-11-3-2-5-6(11)4-9-10-7(5)8/h2-4H,1H3,(H2,8,10). The molecule has 0 spiro atoms. The Hall–Kier alpha value is -1.58. The second-order valence-electron chi connectivity index (χ2n) is 2.46. The molecule has 0 amide bonds. The molecular formula is C7H8N4. The third-order valence-electron chi connectivity index (χ3n) is 1.74. The van der Waals surface area contributed by atoms with Crippen LogP contribution in [-0.2, 0) is 7.05 Å². The van der Waals surface area contributed by atoms with E-state index in [0.29, 0.717) is 5.82 Å². The highest BCUT2D eigenvalue weighted by Gasteiger charge is 2.00. The predicted molar refractivity (Wildman–Crippen MR) is 42.9 cm³/mol. The number of hydrogen-bond donors (Lipinski definition) is 1. The molecule has 2 N–H and O–H groups in total. The largest absolute Gasteiger partial charge is 0.382 e. The van der Waals surface area contributed by atoms with E-state index in [1.165, 1.54) is 0 Å².